The number of benzene rings is 4. The molecule has 0 heterocycles. The molecule has 4 aromatic carbocycles. The van der Waals surface area contributed by atoms with E-state index in [4.69, 9.17) is 21.1 Å². The molecule has 0 aliphatic carbocycles. The van der Waals surface area contributed by atoms with Crippen LogP contribution in [0.25, 0.3) is 33.0 Å². The van der Waals surface area contributed by atoms with Crippen molar-refractivity contribution in [3.05, 3.63) is 83.4 Å². The Morgan fingerprint density at radius 3 is 1.72 bits per heavy atom. The highest BCUT2D eigenvalue weighted by Crippen LogP contribution is 2.41. The van der Waals surface area contributed by atoms with Crippen LogP contribution in [0.1, 0.15) is 0 Å². The zero-order valence-electron chi connectivity index (χ0n) is 15.8. The molecule has 0 saturated carbocycles. The van der Waals surface area contributed by atoms with Gasteiger partial charge in [0.25, 0.3) is 0 Å². The van der Waals surface area contributed by atoms with E-state index in [2.05, 4.69) is 0 Å². The maximum absolute atomic E-state index is 14.6. The van der Waals surface area contributed by atoms with Gasteiger partial charge in [0, 0.05) is 27.3 Å². The molecule has 2 nitrogen and oxygen atoms in total. The fourth-order valence-electron chi connectivity index (χ4n) is 3.45. The van der Waals surface area contributed by atoms with Crippen LogP contribution in [0.15, 0.2) is 66.7 Å². The summed E-state index contributed by atoms with van der Waals surface area (Å²) in [5.41, 5.74) is 2.00. The molecule has 146 valence electrons. The zero-order chi connectivity index (χ0) is 20.5. The summed E-state index contributed by atoms with van der Waals surface area (Å²) in [5.74, 6) is 0.259. The number of fused-ring (bicyclic) bond motifs is 1. The lowest BCUT2D eigenvalue weighted by Gasteiger charge is -2.15. The molecule has 0 bridgehead atoms. The highest BCUT2D eigenvalue weighted by Gasteiger charge is 2.16. The molecule has 0 saturated heterocycles. The highest BCUT2D eigenvalue weighted by molar-refractivity contribution is 6.30. The first-order chi connectivity index (χ1) is 14.0. The number of hydrogen-bond donors (Lipinski definition) is 0. The van der Waals surface area contributed by atoms with E-state index in [1.807, 2.05) is 24.3 Å². The number of hydrogen-bond acceptors (Lipinski definition) is 2. The first kappa shape index (κ1) is 19.2. The van der Waals surface area contributed by atoms with Crippen molar-refractivity contribution in [3.8, 4) is 33.8 Å². The molecule has 0 aliphatic heterocycles. The first-order valence-electron chi connectivity index (χ1n) is 8.92. The second-order valence-electron chi connectivity index (χ2n) is 6.56. The van der Waals surface area contributed by atoms with Gasteiger partial charge in [-0.1, -0.05) is 29.8 Å². The fourth-order valence-corrected chi connectivity index (χ4v) is 3.61. The van der Waals surface area contributed by atoms with Crippen LogP contribution < -0.4 is 9.47 Å². The van der Waals surface area contributed by atoms with Crippen molar-refractivity contribution in [1.82, 2.24) is 0 Å². The maximum Gasteiger partial charge on any atom is 0.132 e. The van der Waals surface area contributed by atoms with Gasteiger partial charge in [0.2, 0.25) is 0 Å². The number of ether oxygens (including phenoxy) is 2. The number of methoxy groups -OCH3 is 2. The maximum atomic E-state index is 14.6. The van der Waals surface area contributed by atoms with Gasteiger partial charge < -0.3 is 9.47 Å². The Labute approximate surface area is 172 Å². The molecule has 4 aromatic rings. The van der Waals surface area contributed by atoms with Crippen LogP contribution in [0.3, 0.4) is 0 Å². The molecule has 0 radical (unpaired) electrons. The van der Waals surface area contributed by atoms with Gasteiger partial charge in [-0.2, -0.15) is 0 Å². The van der Waals surface area contributed by atoms with E-state index < -0.39 is 5.82 Å². The van der Waals surface area contributed by atoms with Crippen molar-refractivity contribution in [3.63, 3.8) is 0 Å². The molecule has 5 heteroatoms. The molecule has 0 N–H and O–H groups in total. The summed E-state index contributed by atoms with van der Waals surface area (Å²) in [5, 5.41) is 1.95. The second kappa shape index (κ2) is 7.72. The van der Waals surface area contributed by atoms with Gasteiger partial charge in [0.1, 0.15) is 23.1 Å². The van der Waals surface area contributed by atoms with E-state index >= 15 is 0 Å². The molecule has 0 amide bonds. The predicted octanol–water partition coefficient (Wildman–Crippen LogP) is 7.12. The SMILES string of the molecule is COc1cc2cc(OC)c(-c3ccc(Cl)cc3F)cc2cc1-c1ccccc1F. The van der Waals surface area contributed by atoms with Gasteiger partial charge >= 0.3 is 0 Å². The van der Waals surface area contributed by atoms with Crippen molar-refractivity contribution in [2.75, 3.05) is 14.2 Å². The van der Waals surface area contributed by atoms with Gasteiger partial charge in [0.15, 0.2) is 0 Å². The standard InChI is InChI=1S/C24H17ClF2O2/c1-28-23-11-15-12-24(29-2)20(18-8-7-16(25)13-22(18)27)10-14(15)9-19(23)17-5-3-4-6-21(17)26/h3-13H,1-2H3. The van der Waals surface area contributed by atoms with Crippen LogP contribution >= 0.6 is 11.6 Å². The lowest BCUT2D eigenvalue weighted by Crippen LogP contribution is -1.94. The summed E-state index contributed by atoms with van der Waals surface area (Å²) in [7, 11) is 3.07. The average molecular weight is 411 g/mol. The van der Waals surface area contributed by atoms with E-state index in [9.17, 15) is 8.78 Å². The Balaban J connectivity index is 1.99. The van der Waals surface area contributed by atoms with Gasteiger partial charge in [-0.05, 0) is 59.3 Å². The van der Waals surface area contributed by atoms with E-state index in [1.54, 1.807) is 37.4 Å². The molecular weight excluding hydrogens is 394 g/mol. The summed E-state index contributed by atoms with van der Waals surface area (Å²) >= 11 is 5.89. The molecule has 0 atom stereocenters. The number of rotatable bonds is 4. The largest absolute Gasteiger partial charge is 0.496 e. The summed E-state index contributed by atoms with van der Waals surface area (Å²) < 4.78 is 40.0. The van der Waals surface area contributed by atoms with Crippen LogP contribution in [0.5, 0.6) is 11.5 Å². The van der Waals surface area contributed by atoms with Crippen LogP contribution in [0.2, 0.25) is 5.02 Å². The van der Waals surface area contributed by atoms with Gasteiger partial charge in [-0.3, -0.25) is 0 Å². The molecule has 0 fully saturated rings. The average Bonchev–Trinajstić information content (AvgIpc) is 2.72. The van der Waals surface area contributed by atoms with Crippen molar-refractivity contribution in [2.24, 2.45) is 0 Å². The molecule has 4 rings (SSSR count). The second-order valence-corrected chi connectivity index (χ2v) is 6.99. The smallest absolute Gasteiger partial charge is 0.132 e. The molecule has 29 heavy (non-hydrogen) atoms. The first-order valence-corrected chi connectivity index (χ1v) is 9.29. The highest BCUT2D eigenvalue weighted by atomic mass is 35.5. The Hall–Kier alpha value is -3.11. The quantitative estimate of drug-likeness (QED) is 0.356. The molecule has 0 unspecified atom stereocenters. The minimum atomic E-state index is -0.446. The summed E-state index contributed by atoms with van der Waals surface area (Å²) in [6.07, 6.45) is 0. The van der Waals surface area contributed by atoms with E-state index in [-0.39, 0.29) is 5.82 Å². The Bertz CT molecular complexity index is 1220. The third kappa shape index (κ3) is 3.52. The number of halogens is 3. The van der Waals surface area contributed by atoms with Crippen molar-refractivity contribution < 1.29 is 18.3 Å². The normalized spacial score (nSPS) is 10.9. The van der Waals surface area contributed by atoms with Crippen molar-refractivity contribution in [1.29, 1.82) is 0 Å². The monoisotopic (exact) mass is 410 g/mol. The fraction of sp³-hybridized carbons (Fsp3) is 0.0833. The van der Waals surface area contributed by atoms with E-state index in [0.717, 1.165) is 10.8 Å². The Morgan fingerprint density at radius 2 is 1.17 bits per heavy atom. The zero-order valence-corrected chi connectivity index (χ0v) is 16.6. The van der Waals surface area contributed by atoms with Crippen molar-refractivity contribution in [2.45, 2.75) is 0 Å². The Morgan fingerprint density at radius 1 is 0.621 bits per heavy atom. The van der Waals surface area contributed by atoms with Gasteiger partial charge in [0.05, 0.1) is 14.2 Å². The summed E-state index contributed by atoms with van der Waals surface area (Å²) in [6.45, 7) is 0. The molecule has 0 aromatic heterocycles. The van der Waals surface area contributed by atoms with E-state index in [1.165, 1.54) is 19.2 Å². The van der Waals surface area contributed by atoms with Crippen LogP contribution in [-0.4, -0.2) is 14.2 Å². The van der Waals surface area contributed by atoms with Crippen LogP contribution in [-0.2, 0) is 0 Å². The van der Waals surface area contributed by atoms with E-state index in [0.29, 0.717) is 38.8 Å². The van der Waals surface area contributed by atoms with Crippen LogP contribution in [0.4, 0.5) is 8.78 Å². The minimum absolute atomic E-state index is 0.317. The third-order valence-electron chi connectivity index (χ3n) is 4.86. The molecular formula is C24H17ClF2O2. The predicted molar refractivity (Wildman–Crippen MR) is 113 cm³/mol. The third-order valence-corrected chi connectivity index (χ3v) is 5.10. The van der Waals surface area contributed by atoms with Crippen molar-refractivity contribution >= 4 is 22.4 Å². The summed E-state index contributed by atoms with van der Waals surface area (Å²) in [4.78, 5) is 0. The van der Waals surface area contributed by atoms with Gasteiger partial charge in [-0.15, -0.1) is 0 Å². The Kier molecular flexibility index (Phi) is 5.12. The lowest BCUT2D eigenvalue weighted by molar-refractivity contribution is 0.415. The van der Waals surface area contributed by atoms with Crippen LogP contribution in [0, 0.1) is 11.6 Å². The topological polar surface area (TPSA) is 18.5 Å². The van der Waals surface area contributed by atoms with Gasteiger partial charge in [-0.25, -0.2) is 8.78 Å². The minimum Gasteiger partial charge on any atom is -0.496 e. The lowest BCUT2D eigenvalue weighted by atomic mass is 9.95. The molecule has 0 spiro atoms. The molecule has 0 aliphatic rings. The summed E-state index contributed by atoms with van der Waals surface area (Å²) in [6, 6.07) is 18.3.